The number of hydrogen-bond donors (Lipinski definition) is 2. The van der Waals surface area contributed by atoms with Gasteiger partial charge in [0, 0.05) is 6.04 Å². The molecular formula is C19H28N4O2. The molecule has 1 heterocycles. The van der Waals surface area contributed by atoms with E-state index in [1.54, 1.807) is 11.1 Å². The topological polar surface area (TPSA) is 79.9 Å². The van der Waals surface area contributed by atoms with Gasteiger partial charge in [-0.05, 0) is 38.0 Å². The first kappa shape index (κ1) is 18.8. The molecule has 0 saturated heterocycles. The smallest absolute Gasteiger partial charge is 0.235 e. The Labute approximate surface area is 149 Å². The second kappa shape index (κ2) is 9.11. The van der Waals surface area contributed by atoms with Crippen LogP contribution in [0.4, 0.5) is 5.69 Å². The molecule has 6 nitrogen and oxygen atoms in total. The Morgan fingerprint density at radius 2 is 2.08 bits per heavy atom. The van der Waals surface area contributed by atoms with Crippen LogP contribution in [0.15, 0.2) is 47.4 Å². The number of amidine groups is 1. The Kier molecular flexibility index (Phi) is 6.86. The van der Waals surface area contributed by atoms with Gasteiger partial charge in [0.05, 0.1) is 12.3 Å². The highest BCUT2D eigenvalue weighted by atomic mass is 16.5. The summed E-state index contributed by atoms with van der Waals surface area (Å²) < 4.78 is 5.89. The number of amides is 1. The standard InChI is InChI=1S/C19H28N4O2/c1-4-6-12-25-17-13-16(19(24)21-14(3)5-2)18(20)22-23(17)15-10-8-7-9-11-15/h7-11,13-14,16H,4-6,12H2,1-3H3,(H2,20,22)(H,21,24). The number of nitrogens with zero attached hydrogens (tertiary/aromatic N) is 2. The summed E-state index contributed by atoms with van der Waals surface area (Å²) in [5.74, 6) is 0.0242. The van der Waals surface area contributed by atoms with Crippen LogP contribution in [0.1, 0.15) is 40.0 Å². The Hall–Kier alpha value is -2.50. The third kappa shape index (κ3) is 4.98. The number of ether oxygens (including phenoxy) is 1. The molecule has 136 valence electrons. The number of nitrogens with two attached hydrogens (primary N) is 1. The fourth-order valence-electron chi connectivity index (χ4n) is 2.35. The van der Waals surface area contributed by atoms with Gasteiger partial charge < -0.3 is 15.8 Å². The van der Waals surface area contributed by atoms with Crippen molar-refractivity contribution in [3.8, 4) is 0 Å². The number of carbonyl (C=O) groups excluding carboxylic acids is 1. The van der Waals surface area contributed by atoms with Crippen LogP contribution in [0.3, 0.4) is 0 Å². The van der Waals surface area contributed by atoms with Crippen molar-refractivity contribution < 1.29 is 9.53 Å². The lowest BCUT2D eigenvalue weighted by Gasteiger charge is -2.29. The molecule has 0 fully saturated rings. The maximum absolute atomic E-state index is 12.5. The fourth-order valence-corrected chi connectivity index (χ4v) is 2.35. The number of unbranched alkanes of at least 4 members (excludes halogenated alkanes) is 1. The zero-order chi connectivity index (χ0) is 18.2. The van der Waals surface area contributed by atoms with Crippen LogP contribution < -0.4 is 16.1 Å². The van der Waals surface area contributed by atoms with Crippen molar-refractivity contribution in [1.29, 1.82) is 0 Å². The third-order valence-corrected chi connectivity index (χ3v) is 4.08. The number of carbonyl (C=O) groups is 1. The van der Waals surface area contributed by atoms with Crippen LogP contribution in [0.25, 0.3) is 0 Å². The van der Waals surface area contributed by atoms with Crippen molar-refractivity contribution in [2.24, 2.45) is 16.8 Å². The predicted octanol–water partition coefficient (Wildman–Crippen LogP) is 2.97. The van der Waals surface area contributed by atoms with E-state index < -0.39 is 5.92 Å². The normalized spacial score (nSPS) is 18.2. The van der Waals surface area contributed by atoms with Crippen LogP contribution in [0, 0.1) is 5.92 Å². The molecule has 0 aliphatic carbocycles. The van der Waals surface area contributed by atoms with Gasteiger partial charge in [-0.25, -0.2) is 0 Å². The summed E-state index contributed by atoms with van der Waals surface area (Å²) in [6.45, 7) is 6.66. The van der Waals surface area contributed by atoms with Gasteiger partial charge in [0.2, 0.25) is 11.8 Å². The summed E-state index contributed by atoms with van der Waals surface area (Å²) in [7, 11) is 0. The van der Waals surface area contributed by atoms with Crippen LogP contribution in [-0.4, -0.2) is 24.4 Å². The summed E-state index contributed by atoms with van der Waals surface area (Å²) in [6, 6.07) is 9.72. The quantitative estimate of drug-likeness (QED) is 0.711. The van der Waals surface area contributed by atoms with Crippen LogP contribution >= 0.6 is 0 Å². The van der Waals surface area contributed by atoms with E-state index in [0.717, 1.165) is 24.9 Å². The zero-order valence-electron chi connectivity index (χ0n) is 15.2. The number of para-hydroxylation sites is 1. The SMILES string of the molecule is CCCCOC1=CC(C(=O)NC(C)CC)C(N)=NN1c1ccccc1. The minimum Gasteiger partial charge on any atom is -0.478 e. The average molecular weight is 344 g/mol. The number of hydrazone groups is 1. The summed E-state index contributed by atoms with van der Waals surface area (Å²) in [6.07, 6.45) is 4.57. The van der Waals surface area contributed by atoms with E-state index in [4.69, 9.17) is 10.5 Å². The lowest BCUT2D eigenvalue weighted by Crippen LogP contribution is -2.45. The molecule has 6 heteroatoms. The Balaban J connectivity index is 2.24. The van der Waals surface area contributed by atoms with Crippen LogP contribution in [0.2, 0.25) is 0 Å². The van der Waals surface area contributed by atoms with Crippen LogP contribution in [-0.2, 0) is 9.53 Å². The van der Waals surface area contributed by atoms with Crippen molar-refractivity contribution >= 4 is 17.4 Å². The van der Waals surface area contributed by atoms with Gasteiger partial charge in [-0.2, -0.15) is 10.1 Å². The second-order valence-electron chi connectivity index (χ2n) is 6.17. The van der Waals surface area contributed by atoms with Gasteiger partial charge >= 0.3 is 0 Å². The molecule has 1 aliphatic heterocycles. The largest absolute Gasteiger partial charge is 0.478 e. The van der Waals surface area contributed by atoms with E-state index in [2.05, 4.69) is 17.3 Å². The minimum atomic E-state index is -0.620. The van der Waals surface area contributed by atoms with E-state index in [-0.39, 0.29) is 17.8 Å². The Morgan fingerprint density at radius 3 is 2.72 bits per heavy atom. The molecule has 2 unspecified atom stereocenters. The lowest BCUT2D eigenvalue weighted by atomic mass is 10.1. The van der Waals surface area contributed by atoms with Crippen molar-refractivity contribution in [2.75, 3.05) is 11.6 Å². The lowest BCUT2D eigenvalue weighted by molar-refractivity contribution is -0.122. The monoisotopic (exact) mass is 344 g/mol. The van der Waals surface area contributed by atoms with E-state index in [9.17, 15) is 4.79 Å². The fraction of sp³-hybridized carbons (Fsp3) is 0.474. The Bertz CT molecular complexity index is 628. The van der Waals surface area contributed by atoms with Gasteiger partial charge in [-0.3, -0.25) is 4.79 Å². The number of nitrogens with one attached hydrogen (secondary N) is 1. The molecule has 0 radical (unpaired) electrons. The predicted molar refractivity (Wildman–Crippen MR) is 101 cm³/mol. The van der Waals surface area contributed by atoms with Crippen molar-refractivity contribution in [1.82, 2.24) is 5.32 Å². The number of benzene rings is 1. The molecule has 1 aliphatic rings. The van der Waals surface area contributed by atoms with Gasteiger partial charge in [0.1, 0.15) is 11.8 Å². The number of hydrogen-bond acceptors (Lipinski definition) is 5. The second-order valence-corrected chi connectivity index (χ2v) is 6.17. The van der Waals surface area contributed by atoms with Crippen LogP contribution in [0.5, 0.6) is 0 Å². The molecule has 0 bridgehead atoms. The molecule has 0 saturated carbocycles. The first-order valence-electron chi connectivity index (χ1n) is 8.90. The summed E-state index contributed by atoms with van der Waals surface area (Å²) in [5.41, 5.74) is 6.93. The van der Waals surface area contributed by atoms with Gasteiger partial charge in [-0.1, -0.05) is 38.5 Å². The minimum absolute atomic E-state index is 0.0883. The maximum atomic E-state index is 12.5. The molecule has 1 amide bonds. The van der Waals surface area contributed by atoms with Crippen molar-refractivity contribution in [3.63, 3.8) is 0 Å². The summed E-state index contributed by atoms with van der Waals surface area (Å²) in [4.78, 5) is 12.5. The first-order chi connectivity index (χ1) is 12.1. The summed E-state index contributed by atoms with van der Waals surface area (Å²) >= 11 is 0. The highest BCUT2D eigenvalue weighted by molar-refractivity contribution is 6.05. The first-order valence-corrected chi connectivity index (χ1v) is 8.90. The molecule has 2 rings (SSSR count). The molecule has 0 spiro atoms. The molecule has 0 aromatic heterocycles. The number of rotatable bonds is 8. The van der Waals surface area contributed by atoms with E-state index in [1.807, 2.05) is 44.2 Å². The van der Waals surface area contributed by atoms with Gasteiger partial charge in [0.15, 0.2) is 0 Å². The Morgan fingerprint density at radius 1 is 1.36 bits per heavy atom. The highest BCUT2D eigenvalue weighted by Gasteiger charge is 2.30. The van der Waals surface area contributed by atoms with E-state index in [0.29, 0.717) is 12.5 Å². The van der Waals surface area contributed by atoms with Gasteiger partial charge in [0.25, 0.3) is 0 Å². The average Bonchev–Trinajstić information content (AvgIpc) is 2.63. The van der Waals surface area contributed by atoms with Gasteiger partial charge in [-0.15, -0.1) is 0 Å². The summed E-state index contributed by atoms with van der Waals surface area (Å²) in [5, 5.41) is 9.03. The van der Waals surface area contributed by atoms with Crippen molar-refractivity contribution in [2.45, 2.75) is 46.1 Å². The number of anilines is 1. The molecule has 1 aromatic carbocycles. The molecule has 25 heavy (non-hydrogen) atoms. The molecule has 3 N–H and O–H groups in total. The molecule has 2 atom stereocenters. The molecule has 1 aromatic rings. The zero-order valence-corrected chi connectivity index (χ0v) is 15.2. The van der Waals surface area contributed by atoms with Crippen molar-refractivity contribution in [3.05, 3.63) is 42.3 Å². The third-order valence-electron chi connectivity index (χ3n) is 4.08. The highest BCUT2D eigenvalue weighted by Crippen LogP contribution is 2.25. The maximum Gasteiger partial charge on any atom is 0.235 e. The molecular weight excluding hydrogens is 316 g/mol. The van der Waals surface area contributed by atoms with E-state index in [1.165, 1.54) is 0 Å². The van der Waals surface area contributed by atoms with E-state index >= 15 is 0 Å².